The number of methoxy groups -OCH3 is 1. The minimum absolute atomic E-state index is 0.194. The van der Waals surface area contributed by atoms with Gasteiger partial charge in [0.1, 0.15) is 5.75 Å². The van der Waals surface area contributed by atoms with Gasteiger partial charge in [-0.2, -0.15) is 0 Å². The van der Waals surface area contributed by atoms with Crippen LogP contribution in [0.3, 0.4) is 0 Å². The summed E-state index contributed by atoms with van der Waals surface area (Å²) in [7, 11) is 1.51. The summed E-state index contributed by atoms with van der Waals surface area (Å²) in [5.41, 5.74) is 0.463. The Balaban J connectivity index is 1.62. The van der Waals surface area contributed by atoms with E-state index in [0.717, 1.165) is 17.7 Å². The van der Waals surface area contributed by atoms with E-state index < -0.39 is 11.8 Å². The molecule has 1 fully saturated rings. The molecule has 7 heteroatoms. The smallest absolute Gasteiger partial charge is 0.313 e. The molecule has 0 radical (unpaired) electrons. The maximum Gasteiger partial charge on any atom is 0.313 e. The minimum atomic E-state index is -0.712. The van der Waals surface area contributed by atoms with E-state index in [9.17, 15) is 9.59 Å². The Morgan fingerprint density at radius 3 is 2.43 bits per heavy atom. The van der Waals surface area contributed by atoms with Gasteiger partial charge in [0.05, 0.1) is 12.8 Å². The molecule has 28 heavy (non-hydrogen) atoms. The van der Waals surface area contributed by atoms with E-state index in [-0.39, 0.29) is 4.75 Å². The van der Waals surface area contributed by atoms with Gasteiger partial charge in [0.2, 0.25) is 0 Å². The predicted molar refractivity (Wildman–Crippen MR) is 110 cm³/mol. The number of hydrogen-bond acceptors (Lipinski definition) is 5. The zero-order valence-corrected chi connectivity index (χ0v) is 16.6. The van der Waals surface area contributed by atoms with E-state index in [1.165, 1.54) is 7.11 Å². The van der Waals surface area contributed by atoms with Gasteiger partial charge in [0, 0.05) is 29.4 Å². The van der Waals surface area contributed by atoms with Gasteiger partial charge < -0.3 is 20.1 Å². The molecule has 1 aliphatic heterocycles. The van der Waals surface area contributed by atoms with Crippen LogP contribution in [0.5, 0.6) is 5.75 Å². The van der Waals surface area contributed by atoms with E-state index in [4.69, 9.17) is 9.47 Å². The Bertz CT molecular complexity index is 807. The van der Waals surface area contributed by atoms with Crippen molar-refractivity contribution >= 4 is 29.3 Å². The van der Waals surface area contributed by atoms with E-state index in [1.54, 1.807) is 36.0 Å². The van der Waals surface area contributed by atoms with Gasteiger partial charge in [0.25, 0.3) is 0 Å². The number of benzene rings is 2. The van der Waals surface area contributed by atoms with Crippen LogP contribution in [-0.4, -0.2) is 43.4 Å². The summed E-state index contributed by atoms with van der Waals surface area (Å²) in [4.78, 5) is 25.8. The van der Waals surface area contributed by atoms with Crippen LogP contribution in [0.15, 0.2) is 59.5 Å². The largest absolute Gasteiger partial charge is 0.495 e. The molecule has 0 unspecified atom stereocenters. The lowest BCUT2D eigenvalue weighted by Crippen LogP contribution is -2.47. The molecule has 0 aromatic heterocycles. The molecule has 0 aliphatic carbocycles. The average molecular weight is 401 g/mol. The van der Waals surface area contributed by atoms with Crippen LogP contribution in [0, 0.1) is 0 Å². The van der Waals surface area contributed by atoms with Gasteiger partial charge >= 0.3 is 11.8 Å². The van der Waals surface area contributed by atoms with Crippen molar-refractivity contribution in [3.63, 3.8) is 0 Å². The van der Waals surface area contributed by atoms with Crippen molar-refractivity contribution < 1.29 is 19.1 Å². The van der Waals surface area contributed by atoms with Crippen molar-refractivity contribution in [2.24, 2.45) is 0 Å². The normalized spacial score (nSPS) is 15.5. The quantitative estimate of drug-likeness (QED) is 0.729. The molecular formula is C21H24N2O4S. The van der Waals surface area contributed by atoms with Gasteiger partial charge in [-0.05, 0) is 37.1 Å². The number of anilines is 1. The number of rotatable bonds is 6. The number of ether oxygens (including phenoxy) is 2. The first-order valence-electron chi connectivity index (χ1n) is 9.16. The standard InChI is InChI=1S/C21H24N2O4S/c1-26-18-10-6-5-9-17(18)23-20(25)19(24)22-15-21(11-13-27-14-12-21)28-16-7-3-2-4-8-16/h2-10H,11-15H2,1H3,(H,22,24)(H,23,25). The number of carbonyl (C=O) groups is 2. The van der Waals surface area contributed by atoms with Crippen LogP contribution in [0.4, 0.5) is 5.69 Å². The highest BCUT2D eigenvalue weighted by Gasteiger charge is 2.35. The average Bonchev–Trinajstić information content (AvgIpc) is 2.74. The van der Waals surface area contributed by atoms with Gasteiger partial charge in [-0.25, -0.2) is 0 Å². The minimum Gasteiger partial charge on any atom is -0.495 e. The summed E-state index contributed by atoms with van der Waals surface area (Å²) >= 11 is 1.73. The number of nitrogens with one attached hydrogen (secondary N) is 2. The maximum absolute atomic E-state index is 12.4. The van der Waals surface area contributed by atoms with E-state index in [2.05, 4.69) is 22.8 Å². The number of amides is 2. The molecule has 6 nitrogen and oxygen atoms in total. The molecule has 0 saturated carbocycles. The summed E-state index contributed by atoms with van der Waals surface area (Å²) in [6.07, 6.45) is 1.61. The first-order valence-corrected chi connectivity index (χ1v) is 9.97. The van der Waals surface area contributed by atoms with Crippen molar-refractivity contribution in [3.05, 3.63) is 54.6 Å². The number of hydrogen-bond donors (Lipinski definition) is 2. The third-order valence-corrected chi connectivity index (χ3v) is 6.11. The first-order chi connectivity index (χ1) is 13.6. The van der Waals surface area contributed by atoms with Gasteiger partial charge in [-0.15, -0.1) is 11.8 Å². The molecule has 1 aliphatic rings. The summed E-state index contributed by atoms with van der Waals surface area (Å²) in [5, 5.41) is 5.41. The lowest BCUT2D eigenvalue weighted by Gasteiger charge is -2.36. The zero-order valence-electron chi connectivity index (χ0n) is 15.8. The SMILES string of the molecule is COc1ccccc1NC(=O)C(=O)NCC1(Sc2ccccc2)CCOCC1. The lowest BCUT2D eigenvalue weighted by molar-refractivity contribution is -0.136. The fourth-order valence-electron chi connectivity index (χ4n) is 3.05. The first kappa shape index (κ1) is 20.2. The van der Waals surface area contributed by atoms with Crippen molar-refractivity contribution in [3.8, 4) is 5.75 Å². The highest BCUT2D eigenvalue weighted by atomic mass is 32.2. The van der Waals surface area contributed by atoms with Gasteiger partial charge in [0.15, 0.2) is 0 Å². The van der Waals surface area contributed by atoms with Crippen LogP contribution in [0.25, 0.3) is 0 Å². The van der Waals surface area contributed by atoms with Crippen LogP contribution in [0.1, 0.15) is 12.8 Å². The molecular weight excluding hydrogens is 376 g/mol. The third-order valence-electron chi connectivity index (χ3n) is 4.61. The number of thioether (sulfide) groups is 1. The molecule has 0 bridgehead atoms. The molecule has 148 valence electrons. The highest BCUT2D eigenvalue weighted by Crippen LogP contribution is 2.40. The zero-order chi connectivity index (χ0) is 19.8. The molecule has 2 amide bonds. The van der Waals surface area contributed by atoms with Crippen molar-refractivity contribution in [2.45, 2.75) is 22.5 Å². The van der Waals surface area contributed by atoms with E-state index in [0.29, 0.717) is 31.2 Å². The van der Waals surface area contributed by atoms with E-state index in [1.807, 2.05) is 18.2 Å². The third kappa shape index (κ3) is 5.27. The molecule has 2 aromatic rings. The Hall–Kier alpha value is -2.51. The number of carbonyl (C=O) groups excluding carboxylic acids is 2. The molecule has 0 atom stereocenters. The van der Waals surface area contributed by atoms with E-state index >= 15 is 0 Å². The summed E-state index contributed by atoms with van der Waals surface area (Å²) in [5.74, 6) is -0.869. The highest BCUT2D eigenvalue weighted by molar-refractivity contribution is 8.00. The second-order valence-corrected chi connectivity index (χ2v) is 8.09. The molecule has 2 N–H and O–H groups in total. The molecule has 1 heterocycles. The fraction of sp³-hybridized carbons (Fsp3) is 0.333. The van der Waals surface area contributed by atoms with Crippen molar-refractivity contribution in [1.29, 1.82) is 0 Å². The van der Waals surface area contributed by atoms with Crippen LogP contribution in [0.2, 0.25) is 0 Å². The monoisotopic (exact) mass is 400 g/mol. The van der Waals surface area contributed by atoms with Crippen LogP contribution < -0.4 is 15.4 Å². The molecule has 1 saturated heterocycles. The Morgan fingerprint density at radius 2 is 1.71 bits per heavy atom. The second-order valence-electron chi connectivity index (χ2n) is 6.55. The van der Waals surface area contributed by atoms with Gasteiger partial charge in [-0.3, -0.25) is 9.59 Å². The van der Waals surface area contributed by atoms with Crippen LogP contribution >= 0.6 is 11.8 Å². The topological polar surface area (TPSA) is 76.7 Å². The molecule has 2 aromatic carbocycles. The Morgan fingerprint density at radius 1 is 1.04 bits per heavy atom. The molecule has 0 spiro atoms. The van der Waals surface area contributed by atoms with Crippen molar-refractivity contribution in [2.75, 3.05) is 32.2 Å². The summed E-state index contributed by atoms with van der Waals surface area (Å²) in [6.45, 7) is 1.68. The Labute approximate surface area is 169 Å². The number of para-hydroxylation sites is 2. The predicted octanol–water partition coefficient (Wildman–Crippen LogP) is 3.09. The summed E-state index contributed by atoms with van der Waals surface area (Å²) in [6, 6.07) is 17.0. The van der Waals surface area contributed by atoms with Crippen molar-refractivity contribution in [1.82, 2.24) is 5.32 Å². The Kier molecular flexibility index (Phi) is 6.95. The summed E-state index contributed by atoms with van der Waals surface area (Å²) < 4.78 is 10.5. The lowest BCUT2D eigenvalue weighted by atomic mass is 9.99. The second kappa shape index (κ2) is 9.61. The fourth-order valence-corrected chi connectivity index (χ4v) is 4.35. The maximum atomic E-state index is 12.4. The van der Waals surface area contributed by atoms with Crippen LogP contribution in [-0.2, 0) is 14.3 Å². The van der Waals surface area contributed by atoms with Gasteiger partial charge in [-0.1, -0.05) is 30.3 Å². The molecule has 3 rings (SSSR count).